The zero-order valence-corrected chi connectivity index (χ0v) is 13.2. The van der Waals surface area contributed by atoms with Crippen molar-refractivity contribution in [2.24, 2.45) is 5.41 Å². The highest BCUT2D eigenvalue weighted by Crippen LogP contribution is 2.45. The molecule has 0 saturated carbocycles. The van der Waals surface area contributed by atoms with Gasteiger partial charge in [-0.2, -0.15) is 11.8 Å². The Kier molecular flexibility index (Phi) is 3.04. The van der Waals surface area contributed by atoms with Crippen molar-refractivity contribution >= 4 is 29.2 Å². The number of hydrogen-bond acceptors (Lipinski definition) is 4. The molecule has 0 N–H and O–H groups in total. The van der Waals surface area contributed by atoms with Crippen LogP contribution >= 0.6 is 11.8 Å². The Morgan fingerprint density at radius 3 is 2.95 bits per heavy atom. The average Bonchev–Trinajstić information content (AvgIpc) is 3.16. The summed E-state index contributed by atoms with van der Waals surface area (Å²) in [6.07, 6.45) is 3.11. The molecule has 4 rings (SSSR count). The van der Waals surface area contributed by atoms with Crippen LogP contribution in [0.15, 0.2) is 24.4 Å². The summed E-state index contributed by atoms with van der Waals surface area (Å²) in [5.41, 5.74) is 2.26. The Balaban J connectivity index is 1.63. The van der Waals surface area contributed by atoms with E-state index in [4.69, 9.17) is 0 Å². The van der Waals surface area contributed by atoms with Crippen molar-refractivity contribution in [3.05, 3.63) is 35.8 Å². The number of pyridine rings is 1. The van der Waals surface area contributed by atoms with Gasteiger partial charge >= 0.3 is 0 Å². The lowest BCUT2D eigenvalue weighted by atomic mass is 9.86. The summed E-state index contributed by atoms with van der Waals surface area (Å²) >= 11 is 1.77. The number of hydrogen-bond donors (Lipinski definition) is 0. The molecule has 22 heavy (non-hydrogen) atoms. The second kappa shape index (κ2) is 4.84. The maximum Gasteiger partial charge on any atom is 0.237 e. The minimum atomic E-state index is -0.434. The van der Waals surface area contributed by atoms with E-state index in [1.807, 2.05) is 35.7 Å². The number of thioether (sulfide) groups is 1. The van der Waals surface area contributed by atoms with E-state index in [0.29, 0.717) is 6.42 Å². The quantitative estimate of drug-likeness (QED) is 0.796. The van der Waals surface area contributed by atoms with E-state index < -0.39 is 5.41 Å². The van der Waals surface area contributed by atoms with Crippen LogP contribution < -0.4 is 0 Å². The number of carbonyl (C=O) groups excluding carboxylic acids is 2. The second-order valence-electron chi connectivity index (χ2n) is 6.17. The summed E-state index contributed by atoms with van der Waals surface area (Å²) in [5.74, 6) is 1.69. The van der Waals surface area contributed by atoms with Gasteiger partial charge in [-0.1, -0.05) is 6.07 Å². The summed E-state index contributed by atoms with van der Waals surface area (Å²) in [5, 5.41) is 0. The molecule has 1 spiro atoms. The lowest BCUT2D eigenvalue weighted by Gasteiger charge is -2.19. The predicted molar refractivity (Wildman–Crippen MR) is 84.5 cm³/mol. The van der Waals surface area contributed by atoms with Crippen LogP contribution in [0.25, 0.3) is 5.65 Å². The third-order valence-electron chi connectivity index (χ3n) is 4.66. The molecule has 5 nitrogen and oxygen atoms in total. The van der Waals surface area contributed by atoms with Crippen LogP contribution in [0.2, 0.25) is 0 Å². The topological polar surface area (TPSA) is 54.7 Å². The van der Waals surface area contributed by atoms with Crippen molar-refractivity contribution in [2.45, 2.75) is 26.3 Å². The normalized spacial score (nSPS) is 25.0. The molecule has 2 aliphatic heterocycles. The first-order valence-corrected chi connectivity index (χ1v) is 8.61. The van der Waals surface area contributed by atoms with Gasteiger partial charge in [-0.25, -0.2) is 4.98 Å². The molecular formula is C16H17N3O2S. The standard InChI is InChI=1S/C16H17N3O2S/c1-11-3-2-4-13-17-12(8-18(11)13)9-19-14(20)7-16(15(19)21)5-6-22-10-16/h2-4,8H,5-7,9-10H2,1H3/t16-/m1/s1. The molecule has 0 radical (unpaired) electrons. The van der Waals surface area contributed by atoms with Crippen LogP contribution in [0.3, 0.4) is 0 Å². The predicted octanol–water partition coefficient (Wildman–Crippen LogP) is 2.02. The molecule has 0 bridgehead atoms. The van der Waals surface area contributed by atoms with Crippen molar-refractivity contribution < 1.29 is 9.59 Å². The molecule has 0 aromatic carbocycles. The Morgan fingerprint density at radius 1 is 1.36 bits per heavy atom. The number of rotatable bonds is 2. The highest BCUT2D eigenvalue weighted by molar-refractivity contribution is 7.99. The highest BCUT2D eigenvalue weighted by Gasteiger charge is 2.53. The third kappa shape index (κ3) is 1.97. The molecule has 0 unspecified atom stereocenters. The molecule has 1 atom stereocenters. The fraction of sp³-hybridized carbons (Fsp3) is 0.438. The van der Waals surface area contributed by atoms with E-state index in [-0.39, 0.29) is 18.4 Å². The minimum Gasteiger partial charge on any atom is -0.304 e. The number of imidazole rings is 1. The van der Waals surface area contributed by atoms with Gasteiger partial charge in [0.25, 0.3) is 0 Å². The first kappa shape index (κ1) is 13.8. The van der Waals surface area contributed by atoms with Gasteiger partial charge in [-0.15, -0.1) is 0 Å². The molecule has 2 saturated heterocycles. The van der Waals surface area contributed by atoms with Crippen molar-refractivity contribution in [1.82, 2.24) is 14.3 Å². The zero-order chi connectivity index (χ0) is 15.3. The van der Waals surface area contributed by atoms with Crippen LogP contribution in [0.4, 0.5) is 0 Å². The lowest BCUT2D eigenvalue weighted by molar-refractivity contribution is -0.141. The maximum atomic E-state index is 12.7. The molecule has 2 aromatic rings. The number of nitrogens with zero attached hydrogens (tertiary/aromatic N) is 3. The van der Waals surface area contributed by atoms with E-state index >= 15 is 0 Å². The van der Waals surface area contributed by atoms with Gasteiger partial charge in [0.1, 0.15) is 5.65 Å². The first-order chi connectivity index (χ1) is 10.6. The maximum absolute atomic E-state index is 12.7. The van der Waals surface area contributed by atoms with E-state index in [1.54, 1.807) is 11.8 Å². The monoisotopic (exact) mass is 315 g/mol. The number of fused-ring (bicyclic) bond motifs is 1. The van der Waals surface area contributed by atoms with Crippen molar-refractivity contribution in [3.8, 4) is 0 Å². The van der Waals surface area contributed by atoms with Crippen molar-refractivity contribution in [3.63, 3.8) is 0 Å². The van der Waals surface area contributed by atoms with Gasteiger partial charge in [-0.05, 0) is 31.2 Å². The van der Waals surface area contributed by atoms with Crippen LogP contribution in [0.5, 0.6) is 0 Å². The number of aromatic nitrogens is 2. The van der Waals surface area contributed by atoms with Crippen LogP contribution in [0.1, 0.15) is 24.2 Å². The second-order valence-corrected chi connectivity index (χ2v) is 7.28. The molecule has 2 aliphatic rings. The number of carbonyl (C=O) groups is 2. The Bertz CT molecular complexity index is 777. The van der Waals surface area contributed by atoms with Gasteiger partial charge in [0, 0.05) is 24.1 Å². The fourth-order valence-corrected chi connectivity index (χ4v) is 4.81. The van der Waals surface area contributed by atoms with Gasteiger partial charge in [0.05, 0.1) is 17.7 Å². The third-order valence-corrected chi connectivity index (χ3v) is 5.91. The molecule has 4 heterocycles. The number of aryl methyl sites for hydroxylation is 1. The van der Waals surface area contributed by atoms with Crippen LogP contribution in [-0.2, 0) is 16.1 Å². The number of imide groups is 1. The summed E-state index contributed by atoms with van der Waals surface area (Å²) in [6, 6.07) is 5.90. The largest absolute Gasteiger partial charge is 0.304 e. The molecule has 6 heteroatoms. The molecule has 2 fully saturated rings. The van der Waals surface area contributed by atoms with E-state index in [1.165, 1.54) is 4.90 Å². The SMILES string of the molecule is Cc1cccc2nc(CN3C(=O)C[C@@]4(CCSC4)C3=O)cn12. The Hall–Kier alpha value is -1.82. The highest BCUT2D eigenvalue weighted by atomic mass is 32.2. The average molecular weight is 315 g/mol. The Morgan fingerprint density at radius 2 is 2.23 bits per heavy atom. The van der Waals surface area contributed by atoms with E-state index in [9.17, 15) is 9.59 Å². The summed E-state index contributed by atoms with van der Waals surface area (Å²) in [7, 11) is 0. The molecule has 0 aliphatic carbocycles. The van der Waals surface area contributed by atoms with Crippen molar-refractivity contribution in [1.29, 1.82) is 0 Å². The summed E-state index contributed by atoms with van der Waals surface area (Å²) in [6.45, 7) is 2.29. The molecule has 2 aromatic heterocycles. The summed E-state index contributed by atoms with van der Waals surface area (Å²) < 4.78 is 1.99. The fourth-order valence-electron chi connectivity index (χ4n) is 3.37. The lowest BCUT2D eigenvalue weighted by Crippen LogP contribution is -2.35. The Labute approximate surface area is 132 Å². The molecule has 2 amide bonds. The van der Waals surface area contributed by atoms with E-state index in [2.05, 4.69) is 4.98 Å². The van der Waals surface area contributed by atoms with Gasteiger partial charge < -0.3 is 4.40 Å². The van der Waals surface area contributed by atoms with Crippen molar-refractivity contribution in [2.75, 3.05) is 11.5 Å². The van der Waals surface area contributed by atoms with Gasteiger partial charge in [0.2, 0.25) is 11.8 Å². The van der Waals surface area contributed by atoms with Crippen LogP contribution in [-0.4, -0.2) is 37.6 Å². The molecule has 114 valence electrons. The minimum absolute atomic E-state index is 0.00345. The van der Waals surface area contributed by atoms with Gasteiger partial charge in [-0.3, -0.25) is 14.5 Å². The molecular weight excluding hydrogens is 298 g/mol. The first-order valence-electron chi connectivity index (χ1n) is 7.45. The van der Waals surface area contributed by atoms with Crippen LogP contribution in [0, 0.1) is 12.3 Å². The number of amides is 2. The number of likely N-dealkylation sites (tertiary alicyclic amines) is 1. The van der Waals surface area contributed by atoms with E-state index in [0.717, 1.165) is 35.0 Å². The zero-order valence-electron chi connectivity index (χ0n) is 12.4. The van der Waals surface area contributed by atoms with Gasteiger partial charge in [0.15, 0.2) is 0 Å². The summed E-state index contributed by atoms with van der Waals surface area (Å²) in [4.78, 5) is 30.9. The smallest absolute Gasteiger partial charge is 0.237 e.